The number of esters is 1. The standard InChI is InChI=1S/C18H32N4O4/c1-19-6-3-15(4-7-19)22-14-16(26-18(22)24)13-21-11-9-20(10-12-21)8-5-17(23)25-2/h15-16H,3-14H2,1-2H3. The first-order valence-corrected chi connectivity index (χ1v) is 9.72. The second-order valence-corrected chi connectivity index (χ2v) is 7.66. The van der Waals surface area contributed by atoms with Crippen LogP contribution >= 0.6 is 0 Å². The maximum atomic E-state index is 12.3. The number of carbonyl (C=O) groups is 2. The zero-order valence-corrected chi connectivity index (χ0v) is 16.1. The number of likely N-dealkylation sites (tertiary alicyclic amines) is 1. The number of ether oxygens (including phenoxy) is 2. The summed E-state index contributed by atoms with van der Waals surface area (Å²) in [6.45, 7) is 8.15. The number of piperazine rings is 1. The predicted molar refractivity (Wildman–Crippen MR) is 97.0 cm³/mol. The quantitative estimate of drug-likeness (QED) is 0.615. The Labute approximate surface area is 156 Å². The summed E-state index contributed by atoms with van der Waals surface area (Å²) < 4.78 is 10.3. The fourth-order valence-electron chi connectivity index (χ4n) is 4.08. The van der Waals surface area contributed by atoms with Crippen LogP contribution in [0.15, 0.2) is 0 Å². The Hall–Kier alpha value is -1.38. The molecule has 1 amide bonds. The van der Waals surface area contributed by atoms with Crippen molar-refractivity contribution in [1.82, 2.24) is 19.6 Å². The third kappa shape index (κ3) is 5.08. The van der Waals surface area contributed by atoms with Crippen molar-refractivity contribution >= 4 is 12.1 Å². The Bertz CT molecular complexity index is 488. The summed E-state index contributed by atoms with van der Waals surface area (Å²) in [5.74, 6) is -0.153. The molecule has 3 aliphatic rings. The first-order valence-electron chi connectivity index (χ1n) is 9.72. The Morgan fingerprint density at radius 3 is 2.42 bits per heavy atom. The van der Waals surface area contributed by atoms with Crippen LogP contribution in [-0.2, 0) is 14.3 Å². The number of carbonyl (C=O) groups excluding carboxylic acids is 2. The fraction of sp³-hybridized carbons (Fsp3) is 0.889. The number of hydrogen-bond donors (Lipinski definition) is 0. The summed E-state index contributed by atoms with van der Waals surface area (Å²) >= 11 is 0. The summed E-state index contributed by atoms with van der Waals surface area (Å²) in [5.41, 5.74) is 0. The molecular formula is C18H32N4O4. The molecule has 26 heavy (non-hydrogen) atoms. The van der Waals surface area contributed by atoms with Crippen molar-refractivity contribution in [3.63, 3.8) is 0 Å². The lowest BCUT2D eigenvalue weighted by Gasteiger charge is -2.35. The van der Waals surface area contributed by atoms with Gasteiger partial charge >= 0.3 is 12.1 Å². The number of cyclic esters (lactones) is 1. The van der Waals surface area contributed by atoms with Crippen LogP contribution in [0, 0.1) is 0 Å². The lowest BCUT2D eigenvalue weighted by molar-refractivity contribution is -0.141. The summed E-state index contributed by atoms with van der Waals surface area (Å²) in [5, 5.41) is 0. The van der Waals surface area contributed by atoms with Crippen molar-refractivity contribution in [2.45, 2.75) is 31.4 Å². The van der Waals surface area contributed by atoms with E-state index in [9.17, 15) is 9.59 Å². The minimum atomic E-state index is -0.153. The van der Waals surface area contributed by atoms with Crippen molar-refractivity contribution in [3.05, 3.63) is 0 Å². The molecule has 3 rings (SSSR count). The molecule has 0 bridgehead atoms. The van der Waals surface area contributed by atoms with Crippen molar-refractivity contribution in [1.29, 1.82) is 0 Å². The van der Waals surface area contributed by atoms with Crippen molar-refractivity contribution < 1.29 is 19.1 Å². The van der Waals surface area contributed by atoms with Gasteiger partial charge < -0.3 is 24.2 Å². The van der Waals surface area contributed by atoms with E-state index in [-0.39, 0.29) is 18.2 Å². The van der Waals surface area contributed by atoms with E-state index < -0.39 is 0 Å². The highest BCUT2D eigenvalue weighted by atomic mass is 16.6. The average molecular weight is 368 g/mol. The second-order valence-electron chi connectivity index (χ2n) is 7.66. The normalized spacial score (nSPS) is 26.9. The molecule has 0 radical (unpaired) electrons. The van der Waals surface area contributed by atoms with Gasteiger partial charge in [-0.05, 0) is 33.0 Å². The first-order chi connectivity index (χ1) is 12.5. The monoisotopic (exact) mass is 368 g/mol. The summed E-state index contributed by atoms with van der Waals surface area (Å²) in [6, 6.07) is 0.332. The number of methoxy groups -OCH3 is 1. The molecule has 8 nitrogen and oxygen atoms in total. The fourth-order valence-corrected chi connectivity index (χ4v) is 4.08. The molecule has 3 heterocycles. The van der Waals surface area contributed by atoms with Crippen LogP contribution in [0.4, 0.5) is 4.79 Å². The van der Waals surface area contributed by atoms with Crippen molar-refractivity contribution in [3.8, 4) is 0 Å². The van der Waals surface area contributed by atoms with Gasteiger partial charge in [-0.25, -0.2) is 4.79 Å². The van der Waals surface area contributed by atoms with E-state index in [0.29, 0.717) is 12.5 Å². The minimum Gasteiger partial charge on any atom is -0.469 e. The van der Waals surface area contributed by atoms with Gasteiger partial charge in [0.05, 0.1) is 20.1 Å². The molecule has 0 N–H and O–H groups in total. The zero-order chi connectivity index (χ0) is 18.5. The zero-order valence-electron chi connectivity index (χ0n) is 16.1. The average Bonchev–Trinajstić information content (AvgIpc) is 3.01. The molecule has 0 aromatic heterocycles. The van der Waals surface area contributed by atoms with Gasteiger partial charge in [-0.2, -0.15) is 0 Å². The van der Waals surface area contributed by atoms with E-state index >= 15 is 0 Å². The number of hydrogen-bond acceptors (Lipinski definition) is 7. The van der Waals surface area contributed by atoms with Gasteiger partial charge in [0, 0.05) is 45.3 Å². The van der Waals surface area contributed by atoms with Gasteiger partial charge in [0.2, 0.25) is 0 Å². The molecular weight excluding hydrogens is 336 g/mol. The Morgan fingerprint density at radius 2 is 1.77 bits per heavy atom. The molecule has 3 fully saturated rings. The SMILES string of the molecule is COC(=O)CCN1CCN(CC2CN(C3CCN(C)CC3)C(=O)O2)CC1. The maximum absolute atomic E-state index is 12.3. The number of nitrogens with zero attached hydrogens (tertiary/aromatic N) is 4. The molecule has 148 valence electrons. The molecule has 1 atom stereocenters. The molecule has 0 aliphatic carbocycles. The largest absolute Gasteiger partial charge is 0.469 e. The van der Waals surface area contributed by atoms with Gasteiger partial charge in [0.1, 0.15) is 6.10 Å². The van der Waals surface area contributed by atoms with Crippen LogP contribution in [0.2, 0.25) is 0 Å². The van der Waals surface area contributed by atoms with Crippen molar-refractivity contribution in [2.24, 2.45) is 0 Å². The lowest BCUT2D eigenvalue weighted by atomic mass is 10.0. The molecule has 0 aromatic carbocycles. The minimum absolute atomic E-state index is 0.0243. The van der Waals surface area contributed by atoms with Crippen LogP contribution in [0.5, 0.6) is 0 Å². The van der Waals surface area contributed by atoms with E-state index in [2.05, 4.69) is 21.7 Å². The lowest BCUT2D eigenvalue weighted by Crippen LogP contribution is -2.49. The van der Waals surface area contributed by atoms with E-state index in [1.807, 2.05) is 4.90 Å². The predicted octanol–water partition coefficient (Wildman–Crippen LogP) is 0.0821. The van der Waals surface area contributed by atoms with E-state index in [0.717, 1.165) is 71.7 Å². The van der Waals surface area contributed by atoms with Gasteiger partial charge in [-0.3, -0.25) is 9.69 Å². The van der Waals surface area contributed by atoms with E-state index in [4.69, 9.17) is 9.47 Å². The third-order valence-corrected chi connectivity index (χ3v) is 5.82. The van der Waals surface area contributed by atoms with Gasteiger partial charge in [0.15, 0.2) is 0 Å². The first kappa shape index (κ1) is 19.4. The molecule has 0 aromatic rings. The smallest absolute Gasteiger partial charge is 0.410 e. The third-order valence-electron chi connectivity index (χ3n) is 5.82. The summed E-state index contributed by atoms with van der Waals surface area (Å²) in [7, 11) is 3.56. The van der Waals surface area contributed by atoms with Gasteiger partial charge in [-0.15, -0.1) is 0 Å². The van der Waals surface area contributed by atoms with Gasteiger partial charge in [-0.1, -0.05) is 0 Å². The highest BCUT2D eigenvalue weighted by Crippen LogP contribution is 2.22. The molecule has 3 aliphatic heterocycles. The Kier molecular flexibility index (Phi) is 6.72. The number of amides is 1. The summed E-state index contributed by atoms with van der Waals surface area (Å²) in [6.07, 6.45) is 2.36. The van der Waals surface area contributed by atoms with Crippen LogP contribution in [-0.4, -0.2) is 117 Å². The molecule has 1 unspecified atom stereocenters. The van der Waals surface area contributed by atoms with Crippen LogP contribution in [0.1, 0.15) is 19.3 Å². The van der Waals surface area contributed by atoms with Gasteiger partial charge in [0.25, 0.3) is 0 Å². The van der Waals surface area contributed by atoms with E-state index in [1.54, 1.807) is 0 Å². The summed E-state index contributed by atoms with van der Waals surface area (Å²) in [4.78, 5) is 32.4. The van der Waals surface area contributed by atoms with Crippen LogP contribution < -0.4 is 0 Å². The molecule has 0 spiro atoms. The molecule has 0 saturated carbocycles. The highest BCUT2D eigenvalue weighted by molar-refractivity contribution is 5.70. The molecule has 3 saturated heterocycles. The second kappa shape index (κ2) is 9.01. The van der Waals surface area contributed by atoms with Crippen LogP contribution in [0.25, 0.3) is 0 Å². The topological polar surface area (TPSA) is 65.6 Å². The molecule has 8 heteroatoms. The highest BCUT2D eigenvalue weighted by Gasteiger charge is 2.38. The number of rotatable bonds is 6. The van der Waals surface area contributed by atoms with E-state index in [1.165, 1.54) is 7.11 Å². The van der Waals surface area contributed by atoms with Crippen molar-refractivity contribution in [2.75, 3.05) is 73.1 Å². The number of piperidine rings is 1. The Morgan fingerprint density at radius 1 is 1.12 bits per heavy atom. The maximum Gasteiger partial charge on any atom is 0.410 e. The Balaban J connectivity index is 1.38. The van der Waals surface area contributed by atoms with Crippen LogP contribution in [0.3, 0.4) is 0 Å².